The van der Waals surface area contributed by atoms with E-state index in [0.717, 1.165) is 12.1 Å². The third-order valence-corrected chi connectivity index (χ3v) is 3.12. The van der Waals surface area contributed by atoms with Gasteiger partial charge in [0.1, 0.15) is 5.82 Å². The van der Waals surface area contributed by atoms with Gasteiger partial charge in [0.2, 0.25) is 0 Å². The molecule has 1 atom stereocenters. The predicted molar refractivity (Wildman–Crippen MR) is 56.4 cm³/mol. The minimum Gasteiger partial charge on any atom is -0.276 e. The first-order valence-electron chi connectivity index (χ1n) is 4.46. The minimum absolute atomic E-state index is 0.179. The molecule has 0 heterocycles. The van der Waals surface area contributed by atoms with Crippen molar-refractivity contribution in [3.05, 3.63) is 30.1 Å². The van der Waals surface area contributed by atoms with Gasteiger partial charge in [-0.15, -0.1) is 0 Å². The van der Waals surface area contributed by atoms with Crippen molar-refractivity contribution in [2.75, 3.05) is 0 Å². The molecule has 15 heavy (non-hydrogen) atoms. The monoisotopic (exact) mass is 231 g/mol. The van der Waals surface area contributed by atoms with Crippen LogP contribution in [0.2, 0.25) is 0 Å². The Morgan fingerprint density at radius 1 is 1.27 bits per heavy atom. The number of nitrogens with one attached hydrogen (secondary N) is 1. The van der Waals surface area contributed by atoms with E-state index in [2.05, 4.69) is 0 Å². The minimum atomic E-state index is -3.30. The SMILES string of the molecule is CC(C)(C)OS(=N)(=O)c1ccc(F)cc1. The summed E-state index contributed by atoms with van der Waals surface area (Å²) >= 11 is 0. The van der Waals surface area contributed by atoms with E-state index in [-0.39, 0.29) is 4.90 Å². The van der Waals surface area contributed by atoms with Crippen LogP contribution in [0.25, 0.3) is 0 Å². The Kier molecular flexibility index (Phi) is 3.16. The fourth-order valence-electron chi connectivity index (χ4n) is 1.01. The zero-order valence-electron chi connectivity index (χ0n) is 8.91. The molecule has 1 unspecified atom stereocenters. The van der Waals surface area contributed by atoms with E-state index in [1.54, 1.807) is 20.8 Å². The normalized spacial score (nSPS) is 16.0. The van der Waals surface area contributed by atoms with Gasteiger partial charge in [-0.2, -0.15) is 0 Å². The molecule has 0 saturated heterocycles. The van der Waals surface area contributed by atoms with Crippen LogP contribution >= 0.6 is 0 Å². The summed E-state index contributed by atoms with van der Waals surface area (Å²) in [5.41, 5.74) is -0.673. The molecule has 0 aliphatic rings. The summed E-state index contributed by atoms with van der Waals surface area (Å²) in [6.45, 7) is 5.14. The van der Waals surface area contributed by atoms with E-state index >= 15 is 0 Å². The summed E-state index contributed by atoms with van der Waals surface area (Å²) in [7, 11) is -3.30. The molecule has 1 aromatic rings. The summed E-state index contributed by atoms with van der Waals surface area (Å²) in [6.07, 6.45) is 0. The molecule has 3 nitrogen and oxygen atoms in total. The average Bonchev–Trinajstić information content (AvgIpc) is 2.00. The zero-order chi connectivity index (χ0) is 11.7. The highest BCUT2D eigenvalue weighted by molar-refractivity contribution is 7.87. The molecule has 1 N–H and O–H groups in total. The van der Waals surface area contributed by atoms with E-state index in [9.17, 15) is 8.60 Å². The maximum Gasteiger partial charge on any atom is 0.191 e. The van der Waals surface area contributed by atoms with E-state index in [1.807, 2.05) is 0 Å². The van der Waals surface area contributed by atoms with Crippen molar-refractivity contribution in [1.29, 1.82) is 4.78 Å². The topological polar surface area (TPSA) is 50.1 Å². The van der Waals surface area contributed by atoms with Crippen LogP contribution in [0, 0.1) is 10.6 Å². The van der Waals surface area contributed by atoms with Gasteiger partial charge in [-0.3, -0.25) is 4.18 Å². The summed E-state index contributed by atoms with van der Waals surface area (Å²) < 4.78 is 37.2. The molecule has 0 amide bonds. The highest BCUT2D eigenvalue weighted by atomic mass is 32.2. The average molecular weight is 231 g/mol. The Hall–Kier alpha value is -0.940. The summed E-state index contributed by atoms with van der Waals surface area (Å²) in [4.78, 5) is 0.179. The Morgan fingerprint density at radius 2 is 1.73 bits per heavy atom. The molecular weight excluding hydrogens is 217 g/mol. The Labute approximate surface area is 89.4 Å². The van der Waals surface area contributed by atoms with E-state index in [1.165, 1.54) is 12.1 Å². The fraction of sp³-hybridized carbons (Fsp3) is 0.400. The third-order valence-electron chi connectivity index (χ3n) is 1.49. The van der Waals surface area contributed by atoms with Gasteiger partial charge in [0.25, 0.3) is 0 Å². The van der Waals surface area contributed by atoms with Crippen LogP contribution in [0.3, 0.4) is 0 Å². The smallest absolute Gasteiger partial charge is 0.191 e. The molecule has 0 aliphatic carbocycles. The van der Waals surface area contributed by atoms with E-state index in [0.29, 0.717) is 0 Å². The maximum absolute atomic E-state index is 12.6. The second-order valence-corrected chi connectivity index (χ2v) is 5.80. The molecule has 1 aromatic carbocycles. The van der Waals surface area contributed by atoms with Crippen molar-refractivity contribution in [3.63, 3.8) is 0 Å². The van der Waals surface area contributed by atoms with Crippen LogP contribution in [-0.4, -0.2) is 9.81 Å². The van der Waals surface area contributed by atoms with Crippen LogP contribution in [0.15, 0.2) is 29.2 Å². The molecule has 0 radical (unpaired) electrons. The second kappa shape index (κ2) is 3.90. The van der Waals surface area contributed by atoms with Crippen molar-refractivity contribution in [3.8, 4) is 0 Å². The largest absolute Gasteiger partial charge is 0.276 e. The summed E-state index contributed by atoms with van der Waals surface area (Å²) in [6, 6.07) is 4.93. The number of halogens is 1. The van der Waals surface area contributed by atoms with Crippen LogP contribution in [0.1, 0.15) is 20.8 Å². The van der Waals surface area contributed by atoms with Crippen molar-refractivity contribution in [1.82, 2.24) is 0 Å². The highest BCUT2D eigenvalue weighted by Gasteiger charge is 2.20. The molecular formula is C10H14FNO2S. The van der Waals surface area contributed by atoms with Crippen molar-refractivity contribution in [2.24, 2.45) is 0 Å². The highest BCUT2D eigenvalue weighted by Crippen LogP contribution is 2.20. The summed E-state index contributed by atoms with van der Waals surface area (Å²) in [5.74, 6) is -0.426. The lowest BCUT2D eigenvalue weighted by Gasteiger charge is -2.20. The van der Waals surface area contributed by atoms with Gasteiger partial charge < -0.3 is 0 Å². The molecule has 0 spiro atoms. The van der Waals surface area contributed by atoms with Crippen LogP contribution in [-0.2, 0) is 14.2 Å². The number of hydrogen-bond donors (Lipinski definition) is 1. The molecule has 0 aliphatic heterocycles. The molecule has 84 valence electrons. The number of rotatable bonds is 2. The molecule has 5 heteroatoms. The second-order valence-electron chi connectivity index (χ2n) is 4.15. The lowest BCUT2D eigenvalue weighted by molar-refractivity contribution is 0.147. The zero-order valence-corrected chi connectivity index (χ0v) is 9.73. The Morgan fingerprint density at radius 3 is 2.13 bits per heavy atom. The van der Waals surface area contributed by atoms with E-state index in [4.69, 9.17) is 8.96 Å². The predicted octanol–water partition coefficient (Wildman–Crippen LogP) is 2.96. The van der Waals surface area contributed by atoms with Gasteiger partial charge in [-0.05, 0) is 45.0 Å². The van der Waals surface area contributed by atoms with Crippen molar-refractivity contribution < 1.29 is 12.8 Å². The maximum atomic E-state index is 12.6. The molecule has 0 aromatic heterocycles. The van der Waals surface area contributed by atoms with Crippen molar-refractivity contribution in [2.45, 2.75) is 31.3 Å². The van der Waals surface area contributed by atoms with Gasteiger partial charge in [0.15, 0.2) is 10.0 Å². The lowest BCUT2D eigenvalue weighted by atomic mass is 10.2. The first kappa shape index (κ1) is 12.1. The van der Waals surface area contributed by atoms with Gasteiger partial charge >= 0.3 is 0 Å². The molecule has 0 bridgehead atoms. The Balaban J connectivity index is 3.02. The fourth-order valence-corrected chi connectivity index (χ4v) is 2.31. The lowest BCUT2D eigenvalue weighted by Crippen LogP contribution is -2.23. The van der Waals surface area contributed by atoms with Gasteiger partial charge in [-0.25, -0.2) is 13.4 Å². The quantitative estimate of drug-likeness (QED) is 0.850. The molecule has 0 fully saturated rings. The van der Waals surface area contributed by atoms with Crippen LogP contribution in [0.4, 0.5) is 4.39 Å². The first-order chi connectivity index (χ1) is 6.71. The standard InChI is InChI=1S/C10H14FNO2S/c1-10(2,3)14-15(12,13)9-6-4-8(11)5-7-9/h4-7,12H,1-3H3. The van der Waals surface area contributed by atoms with Gasteiger partial charge in [-0.1, -0.05) is 0 Å². The van der Waals surface area contributed by atoms with Gasteiger partial charge in [0, 0.05) is 0 Å². The molecule has 1 rings (SSSR count). The van der Waals surface area contributed by atoms with Crippen LogP contribution in [0.5, 0.6) is 0 Å². The van der Waals surface area contributed by atoms with Crippen molar-refractivity contribution >= 4 is 10.0 Å². The Bertz CT molecular complexity index is 431. The molecule has 0 saturated carbocycles. The summed E-state index contributed by atoms with van der Waals surface area (Å²) in [5, 5.41) is 0. The third kappa shape index (κ3) is 3.60. The van der Waals surface area contributed by atoms with Crippen LogP contribution < -0.4 is 0 Å². The van der Waals surface area contributed by atoms with Gasteiger partial charge in [0.05, 0.1) is 10.5 Å². The number of hydrogen-bond acceptors (Lipinski definition) is 3. The first-order valence-corrected chi connectivity index (χ1v) is 5.94. The van der Waals surface area contributed by atoms with E-state index < -0.39 is 21.4 Å². The number of benzene rings is 1.